The van der Waals surface area contributed by atoms with Gasteiger partial charge in [-0.25, -0.2) is 4.79 Å². The zero-order valence-corrected chi connectivity index (χ0v) is 16.2. The predicted molar refractivity (Wildman–Crippen MR) is 98.1 cm³/mol. The van der Waals surface area contributed by atoms with Crippen LogP contribution in [0.1, 0.15) is 47.8 Å². The normalized spacial score (nSPS) is 11.7. The van der Waals surface area contributed by atoms with Crippen molar-refractivity contribution in [3.63, 3.8) is 0 Å². The number of nitrogens with zero attached hydrogens (tertiary/aromatic N) is 3. The van der Waals surface area contributed by atoms with E-state index in [-0.39, 0.29) is 12.2 Å². The Morgan fingerprint density at radius 1 is 1.38 bits per heavy atom. The second-order valence-electron chi connectivity index (χ2n) is 6.88. The molecule has 2 rings (SSSR count). The summed E-state index contributed by atoms with van der Waals surface area (Å²) in [4.78, 5) is 12.3. The topological polar surface area (TPSA) is 81.1 Å². The van der Waals surface area contributed by atoms with Crippen LogP contribution in [0, 0.1) is 44.9 Å². The highest BCUT2D eigenvalue weighted by molar-refractivity contribution is 5.98. The van der Waals surface area contributed by atoms with Gasteiger partial charge in [0.25, 0.3) is 0 Å². The summed E-state index contributed by atoms with van der Waals surface area (Å²) in [5.41, 5.74) is 4.36. The molecule has 6 nitrogen and oxygen atoms in total. The second-order valence-corrected chi connectivity index (χ2v) is 6.88. The molecular formula is C20H25N3O3. The molecule has 0 N–H and O–H groups in total. The maximum atomic E-state index is 12.3. The molecule has 0 aliphatic carbocycles. The highest BCUT2D eigenvalue weighted by atomic mass is 16.5. The molecule has 0 fully saturated rings. The van der Waals surface area contributed by atoms with Gasteiger partial charge in [-0.2, -0.15) is 5.26 Å². The molecule has 2 aromatic rings. The number of esters is 1. The quantitative estimate of drug-likeness (QED) is 0.444. The second kappa shape index (κ2) is 8.05. The summed E-state index contributed by atoms with van der Waals surface area (Å²) in [7, 11) is 0. The van der Waals surface area contributed by atoms with Crippen molar-refractivity contribution in [3.05, 3.63) is 45.6 Å². The van der Waals surface area contributed by atoms with Crippen molar-refractivity contribution < 1.29 is 14.1 Å². The SMILES string of the molecule is Cc1noc(C)c1COC(=O)/C(C#N)=C/c1cc(C)n(CC(C)C)c1C. The summed E-state index contributed by atoms with van der Waals surface area (Å²) in [6.07, 6.45) is 1.59. The minimum absolute atomic E-state index is 0.0263. The van der Waals surface area contributed by atoms with Crippen LogP contribution in [-0.4, -0.2) is 15.7 Å². The summed E-state index contributed by atoms with van der Waals surface area (Å²) in [6, 6.07) is 3.93. The average molecular weight is 355 g/mol. The first kappa shape index (κ1) is 19.5. The molecule has 0 unspecified atom stereocenters. The smallest absolute Gasteiger partial charge is 0.349 e. The third-order valence-electron chi connectivity index (χ3n) is 4.33. The predicted octanol–water partition coefficient (Wildman–Crippen LogP) is 4.02. The number of hydrogen-bond acceptors (Lipinski definition) is 5. The molecule has 0 aliphatic heterocycles. The van der Waals surface area contributed by atoms with Gasteiger partial charge in [-0.05, 0) is 51.3 Å². The summed E-state index contributed by atoms with van der Waals surface area (Å²) in [5, 5.41) is 13.2. The van der Waals surface area contributed by atoms with E-state index in [0.29, 0.717) is 17.4 Å². The third-order valence-corrected chi connectivity index (χ3v) is 4.33. The van der Waals surface area contributed by atoms with E-state index in [1.807, 2.05) is 26.0 Å². The summed E-state index contributed by atoms with van der Waals surface area (Å²) in [6.45, 7) is 12.8. The first-order valence-corrected chi connectivity index (χ1v) is 8.62. The van der Waals surface area contributed by atoms with Gasteiger partial charge in [-0.15, -0.1) is 0 Å². The van der Waals surface area contributed by atoms with E-state index < -0.39 is 5.97 Å². The Hall–Kier alpha value is -2.81. The lowest BCUT2D eigenvalue weighted by Gasteiger charge is -2.12. The molecule has 26 heavy (non-hydrogen) atoms. The largest absolute Gasteiger partial charge is 0.456 e. The molecule has 0 saturated carbocycles. The van der Waals surface area contributed by atoms with Crippen molar-refractivity contribution >= 4 is 12.0 Å². The van der Waals surface area contributed by atoms with Gasteiger partial charge >= 0.3 is 5.97 Å². The highest BCUT2D eigenvalue weighted by Gasteiger charge is 2.17. The van der Waals surface area contributed by atoms with Crippen LogP contribution >= 0.6 is 0 Å². The Labute approximate surface area is 154 Å². The van der Waals surface area contributed by atoms with Gasteiger partial charge in [0.1, 0.15) is 24.0 Å². The van der Waals surface area contributed by atoms with Gasteiger partial charge < -0.3 is 13.8 Å². The molecule has 0 radical (unpaired) electrons. The van der Waals surface area contributed by atoms with Crippen molar-refractivity contribution in [2.24, 2.45) is 5.92 Å². The number of aromatic nitrogens is 2. The van der Waals surface area contributed by atoms with Crippen LogP contribution in [0.3, 0.4) is 0 Å². The van der Waals surface area contributed by atoms with Crippen molar-refractivity contribution in [3.8, 4) is 6.07 Å². The number of carbonyl (C=O) groups excluding carboxylic acids is 1. The van der Waals surface area contributed by atoms with Crippen molar-refractivity contribution in [2.45, 2.75) is 54.7 Å². The lowest BCUT2D eigenvalue weighted by molar-refractivity contribution is -0.139. The van der Waals surface area contributed by atoms with Gasteiger partial charge in [0.2, 0.25) is 0 Å². The Morgan fingerprint density at radius 2 is 2.08 bits per heavy atom. The minimum atomic E-state index is -0.652. The van der Waals surface area contributed by atoms with E-state index in [4.69, 9.17) is 9.26 Å². The lowest BCUT2D eigenvalue weighted by Crippen LogP contribution is -2.08. The number of aryl methyl sites for hydroxylation is 3. The third kappa shape index (κ3) is 4.23. The standard InChI is InChI=1S/C20H25N3O3/c1-12(2)10-23-13(3)7-17(15(23)5)8-18(9-21)20(24)25-11-19-14(4)22-26-16(19)6/h7-8,12H,10-11H2,1-6H3/b18-8+. The monoisotopic (exact) mass is 355 g/mol. The molecule has 6 heteroatoms. The van der Waals surface area contributed by atoms with Gasteiger partial charge in [-0.3, -0.25) is 0 Å². The van der Waals surface area contributed by atoms with E-state index in [2.05, 4.69) is 23.6 Å². The number of hydrogen-bond donors (Lipinski definition) is 0. The van der Waals surface area contributed by atoms with Crippen molar-refractivity contribution in [1.82, 2.24) is 9.72 Å². The van der Waals surface area contributed by atoms with Crippen LogP contribution in [-0.2, 0) is 22.7 Å². The Bertz CT molecular complexity index is 859. The maximum absolute atomic E-state index is 12.3. The van der Waals surface area contributed by atoms with Crippen LogP contribution < -0.4 is 0 Å². The molecule has 2 aromatic heterocycles. The Kier molecular flexibility index (Phi) is 6.04. The molecule has 0 aromatic carbocycles. The molecular weight excluding hydrogens is 330 g/mol. The van der Waals surface area contributed by atoms with Gasteiger partial charge in [-0.1, -0.05) is 19.0 Å². The summed E-state index contributed by atoms with van der Waals surface area (Å²) >= 11 is 0. The zero-order valence-electron chi connectivity index (χ0n) is 16.2. The molecule has 0 bridgehead atoms. The van der Waals surface area contributed by atoms with Gasteiger partial charge in [0, 0.05) is 17.9 Å². The minimum Gasteiger partial charge on any atom is -0.456 e. The fourth-order valence-corrected chi connectivity index (χ4v) is 2.84. The highest BCUT2D eigenvalue weighted by Crippen LogP contribution is 2.20. The molecule has 0 spiro atoms. The van der Waals surface area contributed by atoms with E-state index in [0.717, 1.165) is 29.1 Å². The van der Waals surface area contributed by atoms with Gasteiger partial charge in [0.15, 0.2) is 0 Å². The van der Waals surface area contributed by atoms with E-state index in [9.17, 15) is 10.1 Å². The Balaban J connectivity index is 2.20. The van der Waals surface area contributed by atoms with Crippen LogP contribution in [0.5, 0.6) is 0 Å². The van der Waals surface area contributed by atoms with Crippen LogP contribution in [0.4, 0.5) is 0 Å². The maximum Gasteiger partial charge on any atom is 0.349 e. The molecule has 2 heterocycles. The van der Waals surface area contributed by atoms with Crippen molar-refractivity contribution in [1.29, 1.82) is 5.26 Å². The zero-order chi connectivity index (χ0) is 19.4. The van der Waals surface area contributed by atoms with Crippen molar-refractivity contribution in [2.75, 3.05) is 0 Å². The number of rotatable bonds is 6. The molecule has 138 valence electrons. The number of ether oxygens (including phenoxy) is 1. The first-order valence-electron chi connectivity index (χ1n) is 8.62. The summed E-state index contributed by atoms with van der Waals surface area (Å²) < 4.78 is 12.5. The molecule has 0 saturated heterocycles. The average Bonchev–Trinajstić information content (AvgIpc) is 3.03. The lowest BCUT2D eigenvalue weighted by atomic mass is 10.1. The van der Waals surface area contributed by atoms with E-state index in [1.165, 1.54) is 0 Å². The number of carbonyl (C=O) groups is 1. The molecule has 0 amide bonds. The van der Waals surface area contributed by atoms with Crippen LogP contribution in [0.25, 0.3) is 6.08 Å². The van der Waals surface area contributed by atoms with Crippen LogP contribution in [0.2, 0.25) is 0 Å². The molecule has 0 aliphatic rings. The summed E-state index contributed by atoms with van der Waals surface area (Å²) in [5.74, 6) is 0.461. The fourth-order valence-electron chi connectivity index (χ4n) is 2.84. The van der Waals surface area contributed by atoms with E-state index in [1.54, 1.807) is 19.9 Å². The first-order chi connectivity index (χ1) is 12.2. The van der Waals surface area contributed by atoms with E-state index >= 15 is 0 Å². The van der Waals surface area contributed by atoms with Gasteiger partial charge in [0.05, 0.1) is 11.3 Å². The molecule has 0 atom stereocenters. The Morgan fingerprint density at radius 3 is 2.62 bits per heavy atom. The fraction of sp³-hybridized carbons (Fsp3) is 0.450. The number of nitriles is 1. The van der Waals surface area contributed by atoms with Crippen LogP contribution in [0.15, 0.2) is 16.2 Å².